The Kier molecular flexibility index (Phi) is 5.55. The molecule has 1 amide bonds. The van der Waals surface area contributed by atoms with Crippen LogP contribution < -0.4 is 5.43 Å². The fourth-order valence-corrected chi connectivity index (χ4v) is 2.84. The number of amides is 1. The van der Waals surface area contributed by atoms with Gasteiger partial charge in [-0.05, 0) is 52.3 Å². The summed E-state index contributed by atoms with van der Waals surface area (Å²) in [5, 5.41) is 13.5. The van der Waals surface area contributed by atoms with E-state index in [1.807, 2.05) is 0 Å². The van der Waals surface area contributed by atoms with Gasteiger partial charge in [0.25, 0.3) is 5.91 Å². The number of nitrogens with zero attached hydrogens (tertiary/aromatic N) is 1. The number of nitrogens with one attached hydrogen (secondary N) is 1. The zero-order valence-electron chi connectivity index (χ0n) is 10.5. The van der Waals surface area contributed by atoms with Crippen molar-refractivity contribution in [1.29, 1.82) is 0 Å². The van der Waals surface area contributed by atoms with Crippen molar-refractivity contribution in [2.24, 2.45) is 5.10 Å². The van der Waals surface area contributed by atoms with Crippen molar-refractivity contribution in [1.82, 2.24) is 5.43 Å². The van der Waals surface area contributed by atoms with Gasteiger partial charge in [-0.3, -0.25) is 4.79 Å². The van der Waals surface area contributed by atoms with E-state index in [0.717, 1.165) is 8.95 Å². The first-order valence-corrected chi connectivity index (χ1v) is 8.12. The van der Waals surface area contributed by atoms with Crippen LogP contribution in [-0.2, 0) is 0 Å². The molecule has 4 nitrogen and oxygen atoms in total. The highest BCUT2D eigenvalue weighted by molar-refractivity contribution is 9.11. The normalized spacial score (nSPS) is 10.8. The number of phenols is 1. The van der Waals surface area contributed by atoms with Crippen molar-refractivity contribution in [2.75, 3.05) is 0 Å². The average molecular weight is 477 g/mol. The summed E-state index contributed by atoms with van der Waals surface area (Å²) in [6.45, 7) is 0. The summed E-state index contributed by atoms with van der Waals surface area (Å²) in [5.41, 5.74) is 3.58. The Morgan fingerprint density at radius 1 is 1.10 bits per heavy atom. The quantitative estimate of drug-likeness (QED) is 0.508. The van der Waals surface area contributed by atoms with Gasteiger partial charge in [0.2, 0.25) is 0 Å². The van der Waals surface area contributed by atoms with Crippen molar-refractivity contribution in [3.8, 4) is 5.75 Å². The molecule has 0 unspecified atom stereocenters. The van der Waals surface area contributed by atoms with Gasteiger partial charge in [0, 0.05) is 20.1 Å². The standard InChI is InChI=1S/C14H9Br3N2O2/c15-10-3-1-8(2-4-10)14(21)19-18-7-9-5-13(20)12(17)6-11(9)16/h1-7,20H,(H,19,21)/b18-7+. The minimum absolute atomic E-state index is 0.0962. The fraction of sp³-hybridized carbons (Fsp3) is 0. The molecule has 0 bridgehead atoms. The average Bonchev–Trinajstić information content (AvgIpc) is 2.45. The lowest BCUT2D eigenvalue weighted by Crippen LogP contribution is -2.17. The number of carbonyl (C=O) groups is 1. The molecule has 0 saturated heterocycles. The largest absolute Gasteiger partial charge is 0.507 e. The molecule has 0 saturated carbocycles. The SMILES string of the molecule is O=C(N/N=C/c1cc(O)c(Br)cc1Br)c1ccc(Br)cc1. The molecule has 0 aliphatic rings. The molecule has 2 aromatic carbocycles. The monoisotopic (exact) mass is 474 g/mol. The Hall–Kier alpha value is -1.18. The van der Waals surface area contributed by atoms with Gasteiger partial charge in [-0.15, -0.1) is 0 Å². The second-order valence-corrected chi connectivity index (χ2v) is 6.66. The van der Waals surface area contributed by atoms with Gasteiger partial charge >= 0.3 is 0 Å². The predicted octanol–water partition coefficient (Wildman–Crippen LogP) is 4.44. The van der Waals surface area contributed by atoms with Crippen LogP contribution in [0, 0.1) is 0 Å². The van der Waals surface area contributed by atoms with Gasteiger partial charge in [0.05, 0.1) is 10.7 Å². The molecule has 0 aromatic heterocycles. The van der Waals surface area contributed by atoms with Crippen LogP contribution in [0.3, 0.4) is 0 Å². The first kappa shape index (κ1) is 16.2. The number of hydrazone groups is 1. The Bertz CT molecular complexity index is 700. The van der Waals surface area contributed by atoms with Crippen LogP contribution in [-0.4, -0.2) is 17.2 Å². The second kappa shape index (κ2) is 7.20. The third-order valence-electron chi connectivity index (χ3n) is 2.54. The number of rotatable bonds is 3. The van der Waals surface area contributed by atoms with Crippen molar-refractivity contribution in [3.05, 3.63) is 60.9 Å². The maximum atomic E-state index is 11.8. The highest BCUT2D eigenvalue weighted by Gasteiger charge is 2.05. The number of carbonyl (C=O) groups excluding carboxylic acids is 1. The van der Waals surface area contributed by atoms with Crippen molar-refractivity contribution < 1.29 is 9.90 Å². The van der Waals surface area contributed by atoms with Gasteiger partial charge in [-0.2, -0.15) is 5.10 Å². The van der Waals surface area contributed by atoms with Gasteiger partial charge in [0.15, 0.2) is 0 Å². The Morgan fingerprint density at radius 3 is 2.43 bits per heavy atom. The summed E-state index contributed by atoms with van der Waals surface area (Å²) in [4.78, 5) is 11.8. The van der Waals surface area contributed by atoms with Crippen LogP contribution in [0.2, 0.25) is 0 Å². The number of hydrogen-bond donors (Lipinski definition) is 2. The summed E-state index contributed by atoms with van der Waals surface area (Å²) in [7, 11) is 0. The fourth-order valence-electron chi connectivity index (χ4n) is 1.48. The van der Waals surface area contributed by atoms with Crippen LogP contribution in [0.5, 0.6) is 5.75 Å². The Labute approximate surface area is 146 Å². The van der Waals surface area contributed by atoms with Crippen molar-refractivity contribution in [2.45, 2.75) is 0 Å². The lowest BCUT2D eigenvalue weighted by atomic mass is 10.2. The molecule has 0 fully saturated rings. The predicted molar refractivity (Wildman–Crippen MR) is 92.7 cm³/mol. The smallest absolute Gasteiger partial charge is 0.271 e. The minimum Gasteiger partial charge on any atom is -0.507 e. The van der Waals surface area contributed by atoms with Gasteiger partial charge in [-0.1, -0.05) is 31.9 Å². The molecule has 0 heterocycles. The van der Waals surface area contributed by atoms with Crippen molar-refractivity contribution in [3.63, 3.8) is 0 Å². The highest BCUT2D eigenvalue weighted by atomic mass is 79.9. The molecular weight excluding hydrogens is 468 g/mol. The van der Waals surface area contributed by atoms with Crippen LogP contribution in [0.25, 0.3) is 0 Å². The zero-order valence-corrected chi connectivity index (χ0v) is 15.2. The van der Waals surface area contributed by atoms with E-state index in [1.54, 1.807) is 30.3 Å². The minimum atomic E-state index is -0.309. The van der Waals surface area contributed by atoms with E-state index in [4.69, 9.17) is 0 Å². The van der Waals surface area contributed by atoms with E-state index < -0.39 is 0 Å². The molecule has 2 aromatic rings. The lowest BCUT2D eigenvalue weighted by molar-refractivity contribution is 0.0955. The van der Waals surface area contributed by atoms with E-state index in [-0.39, 0.29) is 11.7 Å². The molecule has 0 spiro atoms. The summed E-state index contributed by atoms with van der Waals surface area (Å²) in [6, 6.07) is 10.2. The number of benzene rings is 2. The maximum Gasteiger partial charge on any atom is 0.271 e. The van der Waals surface area contributed by atoms with E-state index in [2.05, 4.69) is 58.3 Å². The molecule has 0 aliphatic heterocycles. The van der Waals surface area contributed by atoms with Crippen LogP contribution in [0.1, 0.15) is 15.9 Å². The Morgan fingerprint density at radius 2 is 1.76 bits per heavy atom. The molecule has 2 N–H and O–H groups in total. The topological polar surface area (TPSA) is 61.7 Å². The van der Waals surface area contributed by atoms with Crippen molar-refractivity contribution >= 4 is 59.9 Å². The number of hydrogen-bond acceptors (Lipinski definition) is 3. The molecule has 108 valence electrons. The Balaban J connectivity index is 2.07. The lowest BCUT2D eigenvalue weighted by Gasteiger charge is -2.03. The number of halogens is 3. The summed E-state index contributed by atoms with van der Waals surface area (Å²) >= 11 is 9.87. The first-order chi connectivity index (χ1) is 9.97. The maximum absolute atomic E-state index is 11.8. The van der Waals surface area contributed by atoms with Crippen LogP contribution in [0.15, 0.2) is 54.9 Å². The molecule has 0 radical (unpaired) electrons. The molecule has 2 rings (SSSR count). The molecule has 0 aliphatic carbocycles. The third kappa shape index (κ3) is 4.39. The zero-order chi connectivity index (χ0) is 15.4. The number of phenolic OH excluding ortho intramolecular Hbond substituents is 1. The van der Waals surface area contributed by atoms with Gasteiger partial charge in [0.1, 0.15) is 5.75 Å². The second-order valence-electron chi connectivity index (χ2n) is 4.03. The summed E-state index contributed by atoms with van der Waals surface area (Å²) in [6.07, 6.45) is 1.45. The van der Waals surface area contributed by atoms with Gasteiger partial charge < -0.3 is 5.11 Å². The van der Waals surface area contributed by atoms with E-state index in [1.165, 1.54) is 12.3 Å². The number of aromatic hydroxyl groups is 1. The van der Waals surface area contributed by atoms with Crippen LogP contribution in [0.4, 0.5) is 0 Å². The summed E-state index contributed by atoms with van der Waals surface area (Å²) < 4.78 is 2.22. The van der Waals surface area contributed by atoms with E-state index >= 15 is 0 Å². The van der Waals surface area contributed by atoms with E-state index in [0.29, 0.717) is 15.6 Å². The van der Waals surface area contributed by atoms with E-state index in [9.17, 15) is 9.90 Å². The first-order valence-electron chi connectivity index (χ1n) is 5.74. The summed E-state index contributed by atoms with van der Waals surface area (Å²) in [5.74, 6) is -0.213. The van der Waals surface area contributed by atoms with Gasteiger partial charge in [-0.25, -0.2) is 5.43 Å². The molecule has 21 heavy (non-hydrogen) atoms. The highest BCUT2D eigenvalue weighted by Crippen LogP contribution is 2.29. The van der Waals surface area contributed by atoms with Crippen LogP contribution >= 0.6 is 47.8 Å². The molecule has 7 heteroatoms. The molecular formula is C14H9Br3N2O2. The molecule has 0 atom stereocenters. The third-order valence-corrected chi connectivity index (χ3v) is 4.39.